The first-order valence-electron chi connectivity index (χ1n) is 13.7. The van der Waals surface area contributed by atoms with Crippen LogP contribution in [0.25, 0.3) is 0 Å². The van der Waals surface area contributed by atoms with Gasteiger partial charge < -0.3 is 18.1 Å². The van der Waals surface area contributed by atoms with Gasteiger partial charge in [0.25, 0.3) is 0 Å². The summed E-state index contributed by atoms with van der Waals surface area (Å²) in [6.07, 6.45) is 10.7. The van der Waals surface area contributed by atoms with Gasteiger partial charge in [-0.2, -0.15) is 0 Å². The van der Waals surface area contributed by atoms with Crippen molar-refractivity contribution in [2.45, 2.75) is 107 Å². The maximum Gasteiger partial charge on any atom is 0.246 e. The van der Waals surface area contributed by atoms with E-state index in [4.69, 9.17) is 0 Å². The van der Waals surface area contributed by atoms with Gasteiger partial charge in [0.05, 0.1) is 52.4 Å². The molecule has 0 aromatic carbocycles. The van der Waals surface area contributed by atoms with Gasteiger partial charge in [-0.25, -0.2) is 16.8 Å². The van der Waals surface area contributed by atoms with Crippen LogP contribution in [0, 0.1) is 0 Å². The molecule has 0 saturated heterocycles. The van der Waals surface area contributed by atoms with Crippen molar-refractivity contribution in [2.24, 2.45) is 0 Å². The highest BCUT2D eigenvalue weighted by molar-refractivity contribution is 7.83. The fraction of sp³-hybridized carbons (Fsp3) is 1.00. The van der Waals surface area contributed by atoms with E-state index < -0.39 is 20.8 Å². The topological polar surface area (TPSA) is 133 Å². The molecule has 0 N–H and O–H groups in total. The number of nitrogens with zero attached hydrogens (tertiary/aromatic N) is 2. The lowest BCUT2D eigenvalue weighted by atomic mass is 10.2. The van der Waals surface area contributed by atoms with E-state index in [0.717, 1.165) is 0 Å². The van der Waals surface area contributed by atoms with E-state index in [-0.39, 0.29) is 0 Å². The van der Waals surface area contributed by atoms with Crippen molar-refractivity contribution >= 4 is 20.8 Å². The number of hydrogen-bond acceptors (Lipinski definition) is 8. The molecule has 222 valence electrons. The van der Waals surface area contributed by atoms with E-state index in [2.05, 4.69) is 64.1 Å². The van der Waals surface area contributed by atoms with Crippen LogP contribution in [0.4, 0.5) is 0 Å². The summed E-state index contributed by atoms with van der Waals surface area (Å²) in [6, 6.07) is 0. The lowest BCUT2D eigenvalue weighted by Gasteiger charge is -2.38. The van der Waals surface area contributed by atoms with Gasteiger partial charge in [-0.15, -0.1) is 8.67 Å². The molecular formula is C24H56N2O8S2. The van der Waals surface area contributed by atoms with Gasteiger partial charge in [-0.05, 0) is 51.4 Å². The fourth-order valence-electron chi connectivity index (χ4n) is 5.20. The maximum atomic E-state index is 9.37. The summed E-state index contributed by atoms with van der Waals surface area (Å²) < 4.78 is 64.2. The van der Waals surface area contributed by atoms with Crippen molar-refractivity contribution in [2.75, 3.05) is 52.4 Å². The van der Waals surface area contributed by atoms with Crippen molar-refractivity contribution in [3.63, 3.8) is 0 Å². The molecule has 0 rings (SSSR count). The number of rotatable bonds is 19. The first-order chi connectivity index (χ1) is 16.7. The summed E-state index contributed by atoms with van der Waals surface area (Å²) in [7, 11) is -10.6. The SMILES string of the molecule is CCC[N+](CCC)(CCC)CCC.CCC[N+](CCC)(CCC)CCC.O=S(=O)([O-])OOS(=O)(=O)[O-]. The van der Waals surface area contributed by atoms with Crippen molar-refractivity contribution in [1.82, 2.24) is 0 Å². The molecule has 0 heterocycles. The van der Waals surface area contributed by atoms with Crippen LogP contribution >= 0.6 is 0 Å². The van der Waals surface area contributed by atoms with E-state index in [1.165, 1.54) is 113 Å². The van der Waals surface area contributed by atoms with Crippen LogP contribution in [-0.2, 0) is 29.5 Å². The van der Waals surface area contributed by atoms with E-state index in [1.807, 2.05) is 0 Å². The highest BCUT2D eigenvalue weighted by Crippen LogP contribution is 2.13. The van der Waals surface area contributed by atoms with Crippen molar-refractivity contribution < 1.29 is 43.6 Å². The van der Waals surface area contributed by atoms with Crippen LogP contribution in [0.1, 0.15) is 107 Å². The van der Waals surface area contributed by atoms with Crippen LogP contribution < -0.4 is 0 Å². The summed E-state index contributed by atoms with van der Waals surface area (Å²) >= 11 is 0. The van der Waals surface area contributed by atoms with Crippen LogP contribution in [0.3, 0.4) is 0 Å². The molecule has 0 aliphatic rings. The summed E-state index contributed by atoms with van der Waals surface area (Å²) in [5.74, 6) is 0. The van der Waals surface area contributed by atoms with Gasteiger partial charge in [0, 0.05) is 0 Å². The minimum atomic E-state index is -5.31. The Morgan fingerprint density at radius 2 is 0.556 bits per heavy atom. The zero-order valence-electron chi connectivity index (χ0n) is 24.3. The maximum absolute atomic E-state index is 9.37. The van der Waals surface area contributed by atoms with Crippen LogP contribution in [0.2, 0.25) is 0 Å². The summed E-state index contributed by atoms with van der Waals surface area (Å²) in [4.78, 5) is 0. The summed E-state index contributed by atoms with van der Waals surface area (Å²) in [5, 5.41) is 0. The van der Waals surface area contributed by atoms with Crippen molar-refractivity contribution in [3.8, 4) is 0 Å². The normalized spacial score (nSPS) is 12.4. The molecular weight excluding hydrogens is 508 g/mol. The van der Waals surface area contributed by atoms with E-state index >= 15 is 0 Å². The summed E-state index contributed by atoms with van der Waals surface area (Å²) in [5.41, 5.74) is 0. The Labute approximate surface area is 223 Å². The zero-order valence-corrected chi connectivity index (χ0v) is 25.9. The predicted octanol–water partition coefficient (Wildman–Crippen LogP) is 4.74. The van der Waals surface area contributed by atoms with Crippen LogP contribution in [-0.4, -0.2) is 87.3 Å². The molecule has 10 nitrogen and oxygen atoms in total. The molecule has 36 heavy (non-hydrogen) atoms. The fourth-order valence-corrected chi connectivity index (χ4v) is 5.75. The molecule has 0 aliphatic heterocycles. The molecule has 0 bridgehead atoms. The van der Waals surface area contributed by atoms with Gasteiger partial charge in [-0.3, -0.25) is 0 Å². The van der Waals surface area contributed by atoms with E-state index in [1.54, 1.807) is 0 Å². The second-order valence-corrected chi connectivity index (χ2v) is 11.3. The second-order valence-electron chi connectivity index (χ2n) is 9.42. The smallest absolute Gasteiger partial charge is 0.246 e. The van der Waals surface area contributed by atoms with E-state index in [9.17, 15) is 25.9 Å². The highest BCUT2D eigenvalue weighted by atomic mass is 32.3. The largest absolute Gasteiger partial charge is 0.724 e. The monoisotopic (exact) mass is 564 g/mol. The third kappa shape index (κ3) is 24.0. The predicted molar refractivity (Wildman–Crippen MR) is 143 cm³/mol. The average Bonchev–Trinajstić information content (AvgIpc) is 2.74. The lowest BCUT2D eigenvalue weighted by molar-refractivity contribution is -0.928. The molecule has 0 fully saturated rings. The molecule has 0 aromatic heterocycles. The van der Waals surface area contributed by atoms with Gasteiger partial charge in [-0.1, -0.05) is 55.4 Å². The lowest BCUT2D eigenvalue weighted by Crippen LogP contribution is -2.50. The van der Waals surface area contributed by atoms with Gasteiger partial charge in [0.2, 0.25) is 20.8 Å². The van der Waals surface area contributed by atoms with Crippen molar-refractivity contribution in [3.05, 3.63) is 0 Å². The molecule has 0 spiro atoms. The molecule has 0 aromatic rings. The van der Waals surface area contributed by atoms with Crippen LogP contribution in [0.15, 0.2) is 0 Å². The quantitative estimate of drug-likeness (QED) is 0.0722. The molecule has 12 heteroatoms. The second kappa shape index (κ2) is 22.6. The van der Waals surface area contributed by atoms with E-state index in [0.29, 0.717) is 0 Å². The number of hydrogen-bond donors (Lipinski definition) is 0. The minimum absolute atomic E-state index is 1.33. The number of quaternary nitrogens is 2. The molecule has 0 radical (unpaired) electrons. The van der Waals surface area contributed by atoms with Gasteiger partial charge in [0.15, 0.2) is 0 Å². The van der Waals surface area contributed by atoms with Gasteiger partial charge in [0.1, 0.15) is 0 Å². The first kappa shape index (κ1) is 40.2. The third-order valence-electron chi connectivity index (χ3n) is 5.78. The first-order valence-corrected chi connectivity index (χ1v) is 16.4. The summed E-state index contributed by atoms with van der Waals surface area (Å²) in [6.45, 7) is 29.6. The molecule has 0 aliphatic carbocycles. The molecule has 0 unspecified atom stereocenters. The standard InChI is InChI=1S/2C12H28N.H2O8S2/c2*1-5-9-13(10-6-2,11-7-3)12-8-4;1-9(2,3)7-8-10(4,5)6/h2*5-12H2,1-4H3;(H,1,2,3)(H,4,5,6)/q2*+1;/p-2. The Hall–Kier alpha value is -0.340. The van der Waals surface area contributed by atoms with Gasteiger partial charge >= 0.3 is 0 Å². The van der Waals surface area contributed by atoms with Crippen LogP contribution in [0.5, 0.6) is 0 Å². The Kier molecular flexibility index (Phi) is 25.2. The molecule has 0 atom stereocenters. The minimum Gasteiger partial charge on any atom is -0.724 e. The Balaban J connectivity index is -0.000000459. The third-order valence-corrected chi connectivity index (χ3v) is 6.33. The Morgan fingerprint density at radius 3 is 0.639 bits per heavy atom. The molecule has 0 amide bonds. The van der Waals surface area contributed by atoms with Crippen molar-refractivity contribution in [1.29, 1.82) is 0 Å². The average molecular weight is 565 g/mol. The Morgan fingerprint density at radius 1 is 0.417 bits per heavy atom. The molecule has 0 saturated carbocycles. The highest BCUT2D eigenvalue weighted by Gasteiger charge is 2.23. The zero-order chi connectivity index (χ0) is 28.7. The Bertz CT molecular complexity index is 582.